The first kappa shape index (κ1) is 15.2. The molecule has 0 aliphatic heterocycles. The van der Waals surface area contributed by atoms with Gasteiger partial charge >= 0.3 is 6.18 Å². The van der Waals surface area contributed by atoms with Crippen molar-refractivity contribution in [2.24, 2.45) is 0 Å². The summed E-state index contributed by atoms with van der Waals surface area (Å²) in [5.74, 6) is -0.651. The van der Waals surface area contributed by atoms with Crippen LogP contribution in [0.1, 0.15) is 12.6 Å². The van der Waals surface area contributed by atoms with Gasteiger partial charge in [0, 0.05) is 10.6 Å². The molecule has 8 heteroatoms. The molecule has 0 atom stereocenters. The zero-order valence-corrected chi connectivity index (χ0v) is 10.5. The number of hydrogen-bond donors (Lipinski definition) is 1. The lowest BCUT2D eigenvalue weighted by Gasteiger charge is -2.07. The molecule has 0 saturated carbocycles. The molecular weight excluding hydrogens is 283 g/mol. The summed E-state index contributed by atoms with van der Waals surface area (Å²) in [6.07, 6.45) is -1.89. The second-order valence-corrected chi connectivity index (χ2v) is 4.00. The number of hydrogen-bond acceptors (Lipinski definition) is 3. The molecule has 0 aliphatic carbocycles. The van der Waals surface area contributed by atoms with Crippen molar-refractivity contribution in [3.63, 3.8) is 0 Å². The molecule has 102 valence electrons. The van der Waals surface area contributed by atoms with E-state index in [9.17, 15) is 18.0 Å². The van der Waals surface area contributed by atoms with Gasteiger partial charge in [-0.2, -0.15) is 13.2 Å². The summed E-state index contributed by atoms with van der Waals surface area (Å²) in [5.41, 5.74) is -0.895. The molecule has 1 rings (SSSR count). The lowest BCUT2D eigenvalue weighted by Crippen LogP contribution is -2.15. The molecule has 0 bridgehead atoms. The number of aromatic nitrogens is 2. The predicted molar refractivity (Wildman–Crippen MR) is 64.4 cm³/mol. The Morgan fingerprint density at radius 1 is 1.42 bits per heavy atom. The lowest BCUT2D eigenvalue weighted by atomic mass is 10.2. The second kappa shape index (κ2) is 5.83. The molecule has 0 aliphatic rings. The SMILES string of the molecule is C=C(Cl)/C=C(\C)C(=O)Nc1cnc(C(F)(F)F)cn1. The Labute approximate surface area is 112 Å². The Morgan fingerprint density at radius 3 is 2.47 bits per heavy atom. The predicted octanol–water partition coefficient (Wildman–Crippen LogP) is 3.13. The van der Waals surface area contributed by atoms with Gasteiger partial charge in [-0.15, -0.1) is 0 Å². The number of nitrogens with zero attached hydrogens (tertiary/aromatic N) is 2. The maximum atomic E-state index is 12.2. The maximum Gasteiger partial charge on any atom is 0.434 e. The van der Waals surface area contributed by atoms with Gasteiger partial charge in [0.15, 0.2) is 11.5 Å². The van der Waals surface area contributed by atoms with Crippen LogP contribution in [0.5, 0.6) is 0 Å². The van der Waals surface area contributed by atoms with E-state index < -0.39 is 17.8 Å². The van der Waals surface area contributed by atoms with Crippen LogP contribution in [0.25, 0.3) is 0 Å². The molecule has 1 aromatic rings. The third-order valence-electron chi connectivity index (χ3n) is 1.92. The highest BCUT2D eigenvalue weighted by molar-refractivity contribution is 6.31. The normalized spacial score (nSPS) is 12.2. The first-order valence-corrected chi connectivity index (χ1v) is 5.31. The van der Waals surface area contributed by atoms with E-state index in [-0.39, 0.29) is 16.4 Å². The molecule has 0 fully saturated rings. The molecule has 0 saturated heterocycles. The maximum absolute atomic E-state index is 12.2. The van der Waals surface area contributed by atoms with Crippen molar-refractivity contribution in [1.29, 1.82) is 0 Å². The number of nitrogens with one attached hydrogen (secondary N) is 1. The van der Waals surface area contributed by atoms with Gasteiger partial charge in [-0.1, -0.05) is 18.2 Å². The molecule has 1 amide bonds. The van der Waals surface area contributed by atoms with Crippen molar-refractivity contribution in [3.05, 3.63) is 41.3 Å². The van der Waals surface area contributed by atoms with Crippen LogP contribution in [0, 0.1) is 0 Å². The largest absolute Gasteiger partial charge is 0.434 e. The zero-order valence-electron chi connectivity index (χ0n) is 9.75. The fraction of sp³-hybridized carbons (Fsp3) is 0.182. The minimum absolute atomic E-state index is 0.0917. The van der Waals surface area contributed by atoms with Gasteiger partial charge in [-0.05, 0) is 13.0 Å². The monoisotopic (exact) mass is 291 g/mol. The molecule has 0 radical (unpaired) electrons. The van der Waals surface area contributed by atoms with Gasteiger partial charge in [-0.3, -0.25) is 4.79 Å². The van der Waals surface area contributed by atoms with Crippen molar-refractivity contribution in [2.75, 3.05) is 5.32 Å². The van der Waals surface area contributed by atoms with Crippen molar-refractivity contribution in [1.82, 2.24) is 9.97 Å². The minimum Gasteiger partial charge on any atom is -0.306 e. The van der Waals surface area contributed by atoms with Gasteiger partial charge in [0.1, 0.15) is 0 Å². The first-order valence-electron chi connectivity index (χ1n) is 4.93. The van der Waals surface area contributed by atoms with Crippen molar-refractivity contribution in [3.8, 4) is 0 Å². The van der Waals surface area contributed by atoms with Gasteiger partial charge in [0.05, 0.1) is 12.4 Å². The summed E-state index contributed by atoms with van der Waals surface area (Å²) in [6.45, 7) is 4.85. The van der Waals surface area contributed by atoms with Gasteiger partial charge in [0.25, 0.3) is 5.91 Å². The highest BCUT2D eigenvalue weighted by Crippen LogP contribution is 2.26. The van der Waals surface area contributed by atoms with E-state index in [1.165, 1.54) is 13.0 Å². The van der Waals surface area contributed by atoms with Gasteiger partial charge < -0.3 is 5.32 Å². The molecule has 1 N–H and O–H groups in total. The molecule has 1 aromatic heterocycles. The van der Waals surface area contributed by atoms with E-state index in [0.29, 0.717) is 6.20 Å². The highest BCUT2D eigenvalue weighted by Gasteiger charge is 2.32. The van der Waals surface area contributed by atoms with E-state index in [4.69, 9.17) is 11.6 Å². The Balaban J connectivity index is 2.79. The quantitative estimate of drug-likeness (QED) is 0.687. The Bertz CT molecular complexity index is 523. The first-order chi connectivity index (χ1) is 8.70. The second-order valence-electron chi connectivity index (χ2n) is 3.51. The molecular formula is C11H9ClF3N3O. The number of halogens is 4. The molecule has 0 aromatic carbocycles. The number of rotatable bonds is 3. The standard InChI is InChI=1S/C11H9ClF3N3O/c1-6(3-7(2)12)10(19)18-9-5-16-8(4-17-9)11(13,14)15/h3-5H,2H2,1H3,(H,17,18,19)/b6-3+. The number of carbonyl (C=O) groups is 1. The van der Waals surface area contributed by atoms with Crippen LogP contribution in [0.3, 0.4) is 0 Å². The van der Waals surface area contributed by atoms with Crippen LogP contribution >= 0.6 is 11.6 Å². The zero-order chi connectivity index (χ0) is 14.6. The fourth-order valence-corrected chi connectivity index (χ4v) is 1.22. The van der Waals surface area contributed by atoms with Gasteiger partial charge in [0.2, 0.25) is 0 Å². The van der Waals surface area contributed by atoms with Gasteiger partial charge in [-0.25, -0.2) is 9.97 Å². The van der Waals surface area contributed by atoms with E-state index >= 15 is 0 Å². The average Bonchev–Trinajstić information content (AvgIpc) is 2.27. The number of amides is 1. The van der Waals surface area contributed by atoms with E-state index in [1.54, 1.807) is 0 Å². The number of allylic oxidation sites excluding steroid dienone is 2. The van der Waals surface area contributed by atoms with E-state index in [2.05, 4.69) is 21.9 Å². The highest BCUT2D eigenvalue weighted by atomic mass is 35.5. The van der Waals surface area contributed by atoms with Crippen LogP contribution in [0.4, 0.5) is 19.0 Å². The molecule has 1 heterocycles. The molecule has 0 unspecified atom stereocenters. The van der Waals surface area contributed by atoms with E-state index in [0.717, 1.165) is 6.20 Å². The summed E-state index contributed by atoms with van der Waals surface area (Å²) in [4.78, 5) is 18.2. The Morgan fingerprint density at radius 2 is 2.05 bits per heavy atom. The third-order valence-corrected chi connectivity index (χ3v) is 2.02. The van der Waals surface area contributed by atoms with Crippen LogP contribution < -0.4 is 5.32 Å². The fourth-order valence-electron chi connectivity index (χ4n) is 1.05. The number of alkyl halides is 3. The van der Waals surface area contributed by atoms with Crippen molar-refractivity contribution >= 4 is 23.3 Å². The summed E-state index contributed by atoms with van der Waals surface area (Å²) < 4.78 is 36.7. The minimum atomic E-state index is -4.57. The Kier molecular flexibility index (Phi) is 4.66. The van der Waals surface area contributed by atoms with E-state index in [1.807, 2.05) is 0 Å². The van der Waals surface area contributed by atoms with Crippen molar-refractivity contribution in [2.45, 2.75) is 13.1 Å². The van der Waals surface area contributed by atoms with Crippen molar-refractivity contribution < 1.29 is 18.0 Å². The summed E-state index contributed by atoms with van der Waals surface area (Å²) in [7, 11) is 0. The number of carbonyl (C=O) groups excluding carboxylic acids is 1. The third kappa shape index (κ3) is 4.70. The number of anilines is 1. The van der Waals surface area contributed by atoms with Crippen LogP contribution in [-0.4, -0.2) is 15.9 Å². The summed E-state index contributed by atoms with van der Waals surface area (Å²) in [6, 6.07) is 0. The smallest absolute Gasteiger partial charge is 0.306 e. The van der Waals surface area contributed by atoms with Crippen LogP contribution in [-0.2, 0) is 11.0 Å². The average molecular weight is 292 g/mol. The summed E-state index contributed by atoms with van der Waals surface area (Å²) in [5, 5.41) is 2.44. The molecule has 0 spiro atoms. The van der Waals surface area contributed by atoms with Crippen LogP contribution in [0.15, 0.2) is 35.7 Å². The summed E-state index contributed by atoms with van der Waals surface area (Å²) >= 11 is 5.49. The Hall–Kier alpha value is -1.89. The van der Waals surface area contributed by atoms with Crippen LogP contribution in [0.2, 0.25) is 0 Å². The topological polar surface area (TPSA) is 54.9 Å². The molecule has 19 heavy (non-hydrogen) atoms. The lowest BCUT2D eigenvalue weighted by molar-refractivity contribution is -0.141. The molecule has 4 nitrogen and oxygen atoms in total.